The van der Waals surface area contributed by atoms with Gasteiger partial charge in [-0.3, -0.25) is 14.2 Å². The van der Waals surface area contributed by atoms with Gasteiger partial charge in [-0.25, -0.2) is 8.42 Å². The van der Waals surface area contributed by atoms with Gasteiger partial charge in [-0.2, -0.15) is 4.33 Å². The van der Waals surface area contributed by atoms with Crippen LogP contribution in [0.4, 0.5) is 22.7 Å². The summed E-state index contributed by atoms with van der Waals surface area (Å²) in [5, 5.41) is 48.5. The van der Waals surface area contributed by atoms with E-state index in [-0.39, 0.29) is 86.5 Å². The van der Waals surface area contributed by atoms with Crippen molar-refractivity contribution in [3.05, 3.63) is 59.1 Å². The van der Waals surface area contributed by atoms with Gasteiger partial charge in [0.05, 0.1) is 37.8 Å². The predicted octanol–water partition coefficient (Wildman–Crippen LogP) is -2.21. The molecular weight excluding hydrogens is 764 g/mol. The molecule has 0 heterocycles. The fourth-order valence-corrected chi connectivity index (χ4v) is 6.83. The number of azo groups is 2. The summed E-state index contributed by atoms with van der Waals surface area (Å²) in [5.41, 5.74) is -2.11. The zero-order valence-electron chi connectivity index (χ0n) is 24.4. The number of halogens is 1. The number of hydrogen-bond donors (Lipinski definition) is 6. The van der Waals surface area contributed by atoms with Crippen LogP contribution < -0.4 is 75.0 Å². The Morgan fingerprint density at radius 3 is 1.88 bits per heavy atom. The van der Waals surface area contributed by atoms with Crippen molar-refractivity contribution in [2.24, 2.45) is 20.5 Å². The molecule has 25 heteroatoms. The van der Waals surface area contributed by atoms with Gasteiger partial charge in [-0.1, -0.05) is 23.2 Å². The second-order valence-electron chi connectivity index (χ2n) is 9.03. The van der Waals surface area contributed by atoms with Crippen LogP contribution in [0.15, 0.2) is 78.8 Å². The first-order valence-corrected chi connectivity index (χ1v) is 17.6. The Kier molecular flexibility index (Phi) is 15.0. The number of phenolic OH excluding ortho intramolecular Hbond substituents is 2. The second-order valence-corrected chi connectivity index (χ2v) is 14.7. The topological polar surface area (TPSA) is 304 Å². The molecule has 4 rings (SSSR count). The zero-order valence-corrected chi connectivity index (χ0v) is 32.6. The van der Waals surface area contributed by atoms with Crippen molar-refractivity contribution in [2.45, 2.75) is 16.7 Å². The van der Waals surface area contributed by atoms with Crippen molar-refractivity contribution < 1.29 is 126 Å². The summed E-state index contributed by atoms with van der Waals surface area (Å²) in [6, 6.07) is 8.49. The van der Waals surface area contributed by atoms with Crippen LogP contribution >= 0.6 is 38.8 Å². The number of phenols is 2. The number of aromatic hydroxyl groups is 2. The summed E-state index contributed by atoms with van der Waals surface area (Å²) < 4.78 is 64.8. The minimum Gasteiger partial charge on any atom is -0.744 e. The van der Waals surface area contributed by atoms with Crippen LogP contribution in [0.1, 0.15) is 5.56 Å². The number of nitrogens with zero attached hydrogens (tertiary/aromatic N) is 4. The van der Waals surface area contributed by atoms with Crippen molar-refractivity contribution in [3.63, 3.8) is 0 Å². The van der Waals surface area contributed by atoms with Crippen molar-refractivity contribution >= 4 is 93.1 Å². The fraction of sp³-hybridized carbons (Fsp3) is 0.0435. The van der Waals surface area contributed by atoms with Crippen molar-refractivity contribution in [1.82, 2.24) is 0 Å². The Bertz CT molecular complexity index is 2150. The molecular formula is C23H17ClN4Na2O14P2S2. The van der Waals surface area contributed by atoms with Gasteiger partial charge in [-0.15, -0.1) is 20.5 Å². The van der Waals surface area contributed by atoms with Gasteiger partial charge in [0.1, 0.15) is 32.9 Å². The summed E-state index contributed by atoms with van der Waals surface area (Å²) in [4.78, 5) is 37.3. The van der Waals surface area contributed by atoms with Gasteiger partial charge >= 0.3 is 74.3 Å². The van der Waals surface area contributed by atoms with Crippen molar-refractivity contribution in [3.8, 4) is 11.5 Å². The van der Waals surface area contributed by atoms with E-state index >= 15 is 0 Å². The first-order chi connectivity index (χ1) is 21.3. The Labute approximate surface area is 323 Å². The van der Waals surface area contributed by atoms with Gasteiger partial charge in [0.2, 0.25) is 0 Å². The summed E-state index contributed by atoms with van der Waals surface area (Å²) in [6.07, 6.45) is 0. The molecule has 0 radical (unpaired) electrons. The van der Waals surface area contributed by atoms with Crippen LogP contribution in [0, 0.1) is 6.92 Å². The molecule has 244 valence electrons. The quantitative estimate of drug-likeness (QED) is 0.0189. The first kappa shape index (κ1) is 42.8. The van der Waals surface area contributed by atoms with E-state index in [2.05, 4.69) is 29.8 Å². The maximum absolute atomic E-state index is 12.2. The smallest absolute Gasteiger partial charge is 0.744 e. The Hall–Kier alpha value is -1.33. The van der Waals surface area contributed by atoms with E-state index in [1.807, 2.05) is 0 Å². The standard InChI is InChI=1S/C23H19ClN4O14P2S2.2Na/c1-10-2-4-13(15(6-10)43(32,33)34)26-28-21-18(46(38,39)40)8-11-7-17(45-42-41-31)20(22(29)19(11)23(21)30)27-25-14-5-3-12(24)9-16(14)44(35,36)37;;/h2-9,29-31H,1H3,(H2,32,33,34)(H2,35,36,37)(H,38,39,40);;/q;2*+1/p-2. The van der Waals surface area contributed by atoms with E-state index in [9.17, 15) is 57.1 Å². The van der Waals surface area contributed by atoms with Crippen LogP contribution in [-0.4, -0.2) is 42.8 Å². The molecule has 18 nitrogen and oxygen atoms in total. The van der Waals surface area contributed by atoms with Gasteiger partial charge in [-0.05, 0) is 54.8 Å². The van der Waals surface area contributed by atoms with Crippen LogP contribution in [0.25, 0.3) is 10.8 Å². The van der Waals surface area contributed by atoms with Crippen LogP contribution in [0.2, 0.25) is 5.02 Å². The Balaban J connectivity index is 0.00000400. The van der Waals surface area contributed by atoms with Crippen molar-refractivity contribution in [2.75, 3.05) is 0 Å². The van der Waals surface area contributed by atoms with E-state index in [0.29, 0.717) is 11.6 Å². The number of rotatable bonds is 10. The van der Waals surface area contributed by atoms with Gasteiger partial charge < -0.3 is 39.6 Å². The van der Waals surface area contributed by atoms with E-state index in [0.717, 1.165) is 30.3 Å². The molecule has 0 unspecified atom stereocenters. The maximum Gasteiger partial charge on any atom is 1.00 e. The molecule has 0 aliphatic carbocycles. The van der Waals surface area contributed by atoms with Crippen LogP contribution in [0.3, 0.4) is 0 Å². The molecule has 4 aromatic carbocycles. The second kappa shape index (κ2) is 16.8. The van der Waals surface area contributed by atoms with E-state index in [1.54, 1.807) is 0 Å². The third-order valence-corrected chi connectivity index (χ3v) is 9.55. The maximum atomic E-state index is 12.2. The number of benzene rings is 4. The molecule has 0 atom stereocenters. The van der Waals surface area contributed by atoms with E-state index in [1.165, 1.54) is 19.1 Å². The molecule has 0 saturated heterocycles. The molecule has 0 fully saturated rings. The number of fused-ring (bicyclic) bond motifs is 1. The summed E-state index contributed by atoms with van der Waals surface area (Å²) >= 11 is 5.94. The molecule has 0 aliphatic rings. The Morgan fingerprint density at radius 2 is 1.33 bits per heavy atom. The first-order valence-electron chi connectivity index (χ1n) is 11.8. The summed E-state index contributed by atoms with van der Waals surface area (Å²) in [7, 11) is -15.4. The predicted molar refractivity (Wildman–Crippen MR) is 158 cm³/mol. The fourth-order valence-electron chi connectivity index (χ4n) is 3.93. The molecule has 0 aromatic heterocycles. The molecule has 0 aliphatic heterocycles. The Morgan fingerprint density at radius 1 is 0.812 bits per heavy atom. The average molecular weight is 781 g/mol. The minimum absolute atomic E-state index is 0. The normalized spacial score (nSPS) is 12.4. The monoisotopic (exact) mass is 780 g/mol. The SMILES string of the molecule is Cc1ccc(N=Nc2c(S(=O)(=O)[O-])cc3cc(SOO[O-])c(N=Nc4ccc(Cl)cc4P(=O)(O)O)c(O)c3c2O)c(P(=O)(O)O)c1.[Na+].[Na+]. The molecule has 0 spiro atoms. The van der Waals surface area contributed by atoms with Crippen LogP contribution in [0.5, 0.6) is 11.5 Å². The van der Waals surface area contributed by atoms with Crippen LogP contribution in [-0.2, 0) is 28.6 Å². The molecule has 0 saturated carbocycles. The average Bonchev–Trinajstić information content (AvgIpc) is 2.94. The largest absolute Gasteiger partial charge is 1.00 e. The third-order valence-electron chi connectivity index (χ3n) is 5.88. The van der Waals surface area contributed by atoms with Gasteiger partial charge in [0, 0.05) is 5.02 Å². The van der Waals surface area contributed by atoms with Gasteiger partial charge in [0.15, 0.2) is 11.5 Å². The minimum atomic E-state index is -5.46. The number of aryl methyl sites for hydroxylation is 1. The zero-order chi connectivity index (χ0) is 34.2. The van der Waals surface area contributed by atoms with E-state index < -0.39 is 80.4 Å². The molecule has 6 N–H and O–H groups in total. The molecule has 0 bridgehead atoms. The third kappa shape index (κ3) is 9.92. The van der Waals surface area contributed by atoms with E-state index in [4.69, 9.17) is 11.6 Å². The summed E-state index contributed by atoms with van der Waals surface area (Å²) in [5.74, 6) is -2.17. The molecule has 0 amide bonds. The van der Waals surface area contributed by atoms with Gasteiger partial charge in [0.25, 0.3) is 0 Å². The molecule has 48 heavy (non-hydrogen) atoms. The molecule has 4 aromatic rings. The number of hydrogen-bond acceptors (Lipinski definition) is 15. The summed E-state index contributed by atoms with van der Waals surface area (Å²) in [6.45, 7) is 1.52. The van der Waals surface area contributed by atoms with Crippen molar-refractivity contribution in [1.29, 1.82) is 0 Å².